The van der Waals surface area contributed by atoms with Gasteiger partial charge in [-0.25, -0.2) is 0 Å². The molecule has 2 heterocycles. The molecule has 0 radical (unpaired) electrons. The Morgan fingerprint density at radius 2 is 1.62 bits per heavy atom. The zero-order valence-corrected chi connectivity index (χ0v) is 19.6. The summed E-state index contributed by atoms with van der Waals surface area (Å²) in [5.74, 6) is -0.0467. The van der Waals surface area contributed by atoms with Gasteiger partial charge in [0.2, 0.25) is 5.91 Å². The number of carbonyl (C=O) groups excluding carboxylic acids is 1. The maximum atomic E-state index is 12.0. The number of aromatic nitrogens is 1. The molecule has 2 aromatic carbocycles. The number of unbranched alkanes of at least 4 members (excludes halogenated alkanes) is 1. The second-order valence-electron chi connectivity index (χ2n) is 9.07. The standard InChI is InChI=1S/C29H32N4O/c34-28(14-13-23-8-7-15-30-22-23)31-16-5-6-17-32-18-20-33(21-19-32)29-26-11-3-1-9-24(26)25-10-2-4-12-27(25)29/h1-4,7-15,22,29H,5-6,16-21H2,(H,31,34)/b14-13+. The van der Waals surface area contributed by atoms with Gasteiger partial charge in [0.25, 0.3) is 0 Å². The second kappa shape index (κ2) is 10.8. The van der Waals surface area contributed by atoms with E-state index in [0.717, 1.165) is 51.1 Å². The lowest BCUT2D eigenvalue weighted by Crippen LogP contribution is -2.47. The Kier molecular flexibility index (Phi) is 7.13. The number of hydrogen-bond acceptors (Lipinski definition) is 4. The molecule has 1 aliphatic carbocycles. The van der Waals surface area contributed by atoms with Crippen molar-refractivity contribution >= 4 is 12.0 Å². The Balaban J connectivity index is 1.05. The summed E-state index contributed by atoms with van der Waals surface area (Å²) in [5.41, 5.74) is 6.61. The van der Waals surface area contributed by atoms with Gasteiger partial charge in [0.1, 0.15) is 0 Å². The number of fused-ring (bicyclic) bond motifs is 3. The Morgan fingerprint density at radius 1 is 0.912 bits per heavy atom. The summed E-state index contributed by atoms with van der Waals surface area (Å²) in [5, 5.41) is 2.98. The first kappa shape index (κ1) is 22.5. The van der Waals surface area contributed by atoms with Gasteiger partial charge in [0.05, 0.1) is 6.04 Å². The predicted molar refractivity (Wildman–Crippen MR) is 137 cm³/mol. The van der Waals surface area contributed by atoms with Crippen LogP contribution in [0.5, 0.6) is 0 Å². The molecule has 0 spiro atoms. The first-order chi connectivity index (χ1) is 16.8. The summed E-state index contributed by atoms with van der Waals surface area (Å²) in [6.45, 7) is 6.17. The van der Waals surface area contributed by atoms with Crippen LogP contribution in [-0.4, -0.2) is 60.0 Å². The van der Waals surface area contributed by atoms with Gasteiger partial charge in [0, 0.05) is 51.2 Å². The molecular weight excluding hydrogens is 420 g/mol. The van der Waals surface area contributed by atoms with Crippen LogP contribution in [-0.2, 0) is 4.79 Å². The maximum absolute atomic E-state index is 12.0. The van der Waals surface area contributed by atoms with Crippen molar-refractivity contribution in [3.8, 4) is 11.1 Å². The monoisotopic (exact) mass is 452 g/mol. The molecule has 174 valence electrons. The molecule has 34 heavy (non-hydrogen) atoms. The molecule has 1 fully saturated rings. The zero-order valence-electron chi connectivity index (χ0n) is 19.6. The molecule has 1 aliphatic heterocycles. The topological polar surface area (TPSA) is 48.5 Å². The normalized spacial score (nSPS) is 16.5. The summed E-state index contributed by atoms with van der Waals surface area (Å²) >= 11 is 0. The van der Waals surface area contributed by atoms with Crippen molar-refractivity contribution < 1.29 is 4.79 Å². The fourth-order valence-corrected chi connectivity index (χ4v) is 5.14. The number of benzene rings is 2. The van der Waals surface area contributed by atoms with Gasteiger partial charge >= 0.3 is 0 Å². The van der Waals surface area contributed by atoms with Crippen molar-refractivity contribution in [2.24, 2.45) is 0 Å². The Hall–Kier alpha value is -3.28. The summed E-state index contributed by atoms with van der Waals surface area (Å²) in [4.78, 5) is 21.2. The van der Waals surface area contributed by atoms with Crippen molar-refractivity contribution in [3.63, 3.8) is 0 Å². The van der Waals surface area contributed by atoms with Crippen molar-refractivity contribution in [1.82, 2.24) is 20.1 Å². The highest BCUT2D eigenvalue weighted by atomic mass is 16.1. The van der Waals surface area contributed by atoms with Crippen LogP contribution in [0.25, 0.3) is 17.2 Å². The van der Waals surface area contributed by atoms with Crippen LogP contribution in [0.4, 0.5) is 0 Å². The van der Waals surface area contributed by atoms with Crippen molar-refractivity contribution in [1.29, 1.82) is 0 Å². The highest BCUT2D eigenvalue weighted by Gasteiger charge is 2.33. The van der Waals surface area contributed by atoms with Crippen LogP contribution < -0.4 is 5.32 Å². The first-order valence-corrected chi connectivity index (χ1v) is 12.3. The minimum Gasteiger partial charge on any atom is -0.353 e. The number of nitrogens with one attached hydrogen (secondary N) is 1. The summed E-state index contributed by atoms with van der Waals surface area (Å²) < 4.78 is 0. The highest BCUT2D eigenvalue weighted by Crippen LogP contribution is 2.46. The van der Waals surface area contributed by atoms with Crippen LogP contribution in [0.3, 0.4) is 0 Å². The maximum Gasteiger partial charge on any atom is 0.243 e. The molecule has 3 aromatic rings. The number of amides is 1. The van der Waals surface area contributed by atoms with Gasteiger partial charge in [-0.2, -0.15) is 0 Å². The molecule has 0 atom stereocenters. The number of pyridine rings is 1. The second-order valence-corrected chi connectivity index (χ2v) is 9.07. The van der Waals surface area contributed by atoms with E-state index in [1.807, 2.05) is 12.1 Å². The van der Waals surface area contributed by atoms with Crippen LogP contribution in [0.15, 0.2) is 79.1 Å². The van der Waals surface area contributed by atoms with Gasteiger partial charge in [-0.05, 0) is 59.3 Å². The van der Waals surface area contributed by atoms with Crippen molar-refractivity contribution in [3.05, 3.63) is 95.8 Å². The van der Waals surface area contributed by atoms with E-state index in [1.165, 1.54) is 22.3 Å². The molecule has 1 saturated heterocycles. The molecule has 0 saturated carbocycles. The van der Waals surface area contributed by atoms with E-state index in [-0.39, 0.29) is 5.91 Å². The number of piperazine rings is 1. The van der Waals surface area contributed by atoms with Gasteiger partial charge in [-0.15, -0.1) is 0 Å². The van der Waals surface area contributed by atoms with Gasteiger partial charge < -0.3 is 10.2 Å². The molecule has 1 N–H and O–H groups in total. The summed E-state index contributed by atoms with van der Waals surface area (Å²) in [7, 11) is 0. The number of rotatable bonds is 8. The Bertz CT molecular complexity index is 1090. The fourth-order valence-electron chi connectivity index (χ4n) is 5.14. The lowest BCUT2D eigenvalue weighted by atomic mass is 10.0. The molecular formula is C29H32N4O. The van der Waals surface area contributed by atoms with Gasteiger partial charge in [0.15, 0.2) is 0 Å². The van der Waals surface area contributed by atoms with Crippen LogP contribution in [0.1, 0.15) is 35.6 Å². The molecule has 0 bridgehead atoms. The molecule has 0 unspecified atom stereocenters. The number of carbonyl (C=O) groups is 1. The van der Waals surface area contributed by atoms with Crippen LogP contribution >= 0.6 is 0 Å². The molecule has 1 aromatic heterocycles. The van der Waals surface area contributed by atoms with E-state index < -0.39 is 0 Å². The third kappa shape index (κ3) is 5.11. The number of nitrogens with zero attached hydrogens (tertiary/aromatic N) is 3. The quantitative estimate of drug-likeness (QED) is 0.407. The van der Waals surface area contributed by atoms with Crippen LogP contribution in [0.2, 0.25) is 0 Å². The summed E-state index contributed by atoms with van der Waals surface area (Å²) in [6, 6.07) is 21.9. The molecule has 5 heteroatoms. The number of hydrogen-bond donors (Lipinski definition) is 1. The minimum atomic E-state index is -0.0467. The molecule has 1 amide bonds. The zero-order chi connectivity index (χ0) is 23.2. The Labute approximate surface area is 202 Å². The van der Waals surface area contributed by atoms with E-state index in [2.05, 4.69) is 68.6 Å². The third-order valence-electron chi connectivity index (χ3n) is 6.88. The smallest absolute Gasteiger partial charge is 0.243 e. The fraction of sp³-hybridized carbons (Fsp3) is 0.310. The van der Waals surface area contributed by atoms with E-state index >= 15 is 0 Å². The van der Waals surface area contributed by atoms with Gasteiger partial charge in [-0.3, -0.25) is 14.7 Å². The van der Waals surface area contributed by atoms with Crippen molar-refractivity contribution in [2.45, 2.75) is 18.9 Å². The average Bonchev–Trinajstić information content (AvgIpc) is 3.23. The van der Waals surface area contributed by atoms with E-state index in [0.29, 0.717) is 12.6 Å². The van der Waals surface area contributed by atoms with Gasteiger partial charge in [-0.1, -0.05) is 54.6 Å². The minimum absolute atomic E-state index is 0.0467. The van der Waals surface area contributed by atoms with E-state index in [4.69, 9.17) is 0 Å². The highest BCUT2D eigenvalue weighted by molar-refractivity contribution is 5.91. The largest absolute Gasteiger partial charge is 0.353 e. The third-order valence-corrected chi connectivity index (χ3v) is 6.88. The first-order valence-electron chi connectivity index (χ1n) is 12.3. The van der Waals surface area contributed by atoms with Crippen LogP contribution in [0, 0.1) is 0 Å². The SMILES string of the molecule is O=C(/C=C/c1cccnc1)NCCCCN1CCN(C2c3ccccc3-c3ccccc32)CC1. The predicted octanol–water partition coefficient (Wildman–Crippen LogP) is 4.38. The molecule has 5 rings (SSSR count). The molecule has 5 nitrogen and oxygen atoms in total. The summed E-state index contributed by atoms with van der Waals surface area (Å²) in [6.07, 6.45) is 8.94. The van der Waals surface area contributed by atoms with E-state index in [1.54, 1.807) is 24.5 Å². The lowest BCUT2D eigenvalue weighted by molar-refractivity contribution is -0.116. The van der Waals surface area contributed by atoms with Crippen molar-refractivity contribution in [2.75, 3.05) is 39.3 Å². The Morgan fingerprint density at radius 3 is 2.29 bits per heavy atom. The lowest BCUT2D eigenvalue weighted by Gasteiger charge is -2.38. The van der Waals surface area contributed by atoms with E-state index in [9.17, 15) is 4.79 Å². The molecule has 2 aliphatic rings. The average molecular weight is 453 g/mol.